The molecule has 18 heavy (non-hydrogen) atoms. The van der Waals surface area contributed by atoms with Gasteiger partial charge in [-0.2, -0.15) is 0 Å². The van der Waals surface area contributed by atoms with Gasteiger partial charge in [0.05, 0.1) is 7.11 Å². The van der Waals surface area contributed by atoms with Crippen molar-refractivity contribution in [3.63, 3.8) is 0 Å². The Labute approximate surface area is 108 Å². The van der Waals surface area contributed by atoms with Crippen molar-refractivity contribution in [1.82, 2.24) is 5.32 Å². The monoisotopic (exact) mass is 251 g/mol. The van der Waals surface area contributed by atoms with Gasteiger partial charge in [-0.15, -0.1) is 0 Å². The van der Waals surface area contributed by atoms with E-state index in [1.807, 2.05) is 18.2 Å². The Morgan fingerprint density at radius 2 is 2.11 bits per heavy atom. The summed E-state index contributed by atoms with van der Waals surface area (Å²) < 4.78 is 5.28. The normalized spacial score (nSPS) is 12.5. The van der Waals surface area contributed by atoms with E-state index in [0.29, 0.717) is 12.3 Å². The summed E-state index contributed by atoms with van der Waals surface area (Å²) in [5, 5.41) is 11.9. The molecule has 100 valence electrons. The average Bonchev–Trinajstić information content (AvgIpc) is 2.35. The maximum atomic E-state index is 11.1. The highest BCUT2D eigenvalue weighted by molar-refractivity contribution is 5.74. The minimum atomic E-state index is -0.852. The van der Waals surface area contributed by atoms with Gasteiger partial charge in [0.1, 0.15) is 11.8 Å². The molecule has 1 aromatic rings. The molecule has 1 aromatic carbocycles. The van der Waals surface area contributed by atoms with Crippen molar-refractivity contribution in [3.8, 4) is 5.75 Å². The minimum absolute atomic E-state index is 0.410. The van der Waals surface area contributed by atoms with Crippen LogP contribution in [0.15, 0.2) is 18.2 Å². The molecule has 0 amide bonds. The van der Waals surface area contributed by atoms with E-state index in [9.17, 15) is 4.79 Å². The molecule has 1 unspecified atom stereocenters. The van der Waals surface area contributed by atoms with Crippen LogP contribution in [0.4, 0.5) is 0 Å². The molecule has 0 saturated carbocycles. The van der Waals surface area contributed by atoms with Gasteiger partial charge in [0.25, 0.3) is 0 Å². The summed E-state index contributed by atoms with van der Waals surface area (Å²) in [6.07, 6.45) is 0.412. The summed E-state index contributed by atoms with van der Waals surface area (Å²) in [7, 11) is 3.25. The van der Waals surface area contributed by atoms with Gasteiger partial charge >= 0.3 is 5.97 Å². The highest BCUT2D eigenvalue weighted by Crippen LogP contribution is 2.25. The van der Waals surface area contributed by atoms with Crippen LogP contribution >= 0.6 is 0 Å². The van der Waals surface area contributed by atoms with Crippen LogP contribution in [0, 0.1) is 0 Å². The highest BCUT2D eigenvalue weighted by Gasteiger charge is 2.18. The number of carboxylic acid groups (broad SMARTS) is 1. The van der Waals surface area contributed by atoms with Crippen molar-refractivity contribution in [2.75, 3.05) is 14.2 Å². The number of carboxylic acids is 1. The van der Waals surface area contributed by atoms with E-state index in [1.54, 1.807) is 14.2 Å². The van der Waals surface area contributed by atoms with Crippen LogP contribution in [0.25, 0.3) is 0 Å². The van der Waals surface area contributed by atoms with Gasteiger partial charge in [-0.05, 0) is 30.2 Å². The SMILES string of the molecule is CNC(Cc1cc(C(C)C)ccc1OC)C(=O)O. The van der Waals surface area contributed by atoms with Crippen LogP contribution < -0.4 is 10.1 Å². The zero-order valence-electron chi connectivity index (χ0n) is 11.4. The van der Waals surface area contributed by atoms with Crippen molar-refractivity contribution in [3.05, 3.63) is 29.3 Å². The second kappa shape index (κ2) is 6.40. The van der Waals surface area contributed by atoms with Gasteiger partial charge in [0.15, 0.2) is 0 Å². The molecule has 0 aromatic heterocycles. The van der Waals surface area contributed by atoms with E-state index < -0.39 is 12.0 Å². The van der Waals surface area contributed by atoms with E-state index in [2.05, 4.69) is 19.2 Å². The van der Waals surface area contributed by atoms with Crippen molar-refractivity contribution >= 4 is 5.97 Å². The average molecular weight is 251 g/mol. The van der Waals surface area contributed by atoms with E-state index >= 15 is 0 Å². The summed E-state index contributed by atoms with van der Waals surface area (Å²) in [5.74, 6) is 0.294. The number of rotatable bonds is 6. The first-order valence-corrected chi connectivity index (χ1v) is 6.06. The first-order chi connectivity index (χ1) is 8.49. The fraction of sp³-hybridized carbons (Fsp3) is 0.500. The Hall–Kier alpha value is -1.55. The molecule has 1 atom stereocenters. The largest absolute Gasteiger partial charge is 0.496 e. The fourth-order valence-electron chi connectivity index (χ4n) is 1.85. The minimum Gasteiger partial charge on any atom is -0.496 e. The van der Waals surface area contributed by atoms with E-state index in [4.69, 9.17) is 9.84 Å². The van der Waals surface area contributed by atoms with Crippen LogP contribution in [0.2, 0.25) is 0 Å². The number of aliphatic carboxylic acids is 1. The van der Waals surface area contributed by atoms with Crippen molar-refractivity contribution < 1.29 is 14.6 Å². The number of hydrogen-bond acceptors (Lipinski definition) is 3. The van der Waals surface area contributed by atoms with E-state index in [-0.39, 0.29) is 0 Å². The second-order valence-corrected chi connectivity index (χ2v) is 4.61. The first-order valence-electron chi connectivity index (χ1n) is 6.06. The predicted octanol–water partition coefficient (Wildman–Crippen LogP) is 2.03. The lowest BCUT2D eigenvalue weighted by Gasteiger charge is -2.16. The van der Waals surface area contributed by atoms with Gasteiger partial charge in [0, 0.05) is 6.42 Å². The fourth-order valence-corrected chi connectivity index (χ4v) is 1.85. The summed E-state index contributed by atoms with van der Waals surface area (Å²) in [6.45, 7) is 4.22. The van der Waals surface area contributed by atoms with Gasteiger partial charge < -0.3 is 15.2 Å². The summed E-state index contributed by atoms with van der Waals surface area (Å²) in [6, 6.07) is 5.35. The molecule has 0 heterocycles. The lowest BCUT2D eigenvalue weighted by atomic mass is 9.97. The summed E-state index contributed by atoms with van der Waals surface area (Å²) in [5.41, 5.74) is 2.11. The third kappa shape index (κ3) is 3.47. The van der Waals surface area contributed by atoms with Gasteiger partial charge in [-0.1, -0.05) is 26.0 Å². The molecule has 2 N–H and O–H groups in total. The number of ether oxygens (including phenoxy) is 1. The third-order valence-corrected chi connectivity index (χ3v) is 3.04. The lowest BCUT2D eigenvalue weighted by Crippen LogP contribution is -2.35. The Bertz CT molecular complexity index is 416. The second-order valence-electron chi connectivity index (χ2n) is 4.61. The predicted molar refractivity (Wildman–Crippen MR) is 71.3 cm³/mol. The van der Waals surface area contributed by atoms with Gasteiger partial charge in [-0.25, -0.2) is 0 Å². The number of benzene rings is 1. The topological polar surface area (TPSA) is 58.6 Å². The molecule has 0 spiro atoms. The van der Waals surface area contributed by atoms with Crippen LogP contribution in [0.5, 0.6) is 5.75 Å². The number of hydrogen-bond donors (Lipinski definition) is 2. The quantitative estimate of drug-likeness (QED) is 0.812. The molecule has 0 saturated heterocycles. The third-order valence-electron chi connectivity index (χ3n) is 3.04. The maximum absolute atomic E-state index is 11.1. The van der Waals surface area contributed by atoms with Gasteiger partial charge in [0.2, 0.25) is 0 Å². The van der Waals surface area contributed by atoms with Crippen LogP contribution in [-0.2, 0) is 11.2 Å². The Kier molecular flexibility index (Phi) is 5.16. The van der Waals surface area contributed by atoms with Crippen LogP contribution in [0.3, 0.4) is 0 Å². The Balaban J connectivity index is 3.04. The lowest BCUT2D eigenvalue weighted by molar-refractivity contribution is -0.139. The molecular weight excluding hydrogens is 230 g/mol. The zero-order valence-corrected chi connectivity index (χ0v) is 11.4. The van der Waals surface area contributed by atoms with E-state index in [1.165, 1.54) is 5.56 Å². The molecule has 1 rings (SSSR count). The van der Waals surface area contributed by atoms with Crippen LogP contribution in [-0.4, -0.2) is 31.3 Å². The van der Waals surface area contributed by atoms with Crippen molar-refractivity contribution in [2.45, 2.75) is 32.2 Å². The number of likely N-dealkylation sites (N-methyl/N-ethyl adjacent to an activating group) is 1. The molecule has 0 aliphatic heterocycles. The summed E-state index contributed by atoms with van der Waals surface area (Å²) in [4.78, 5) is 11.1. The highest BCUT2D eigenvalue weighted by atomic mass is 16.5. The molecule has 4 nitrogen and oxygen atoms in total. The molecule has 0 fully saturated rings. The maximum Gasteiger partial charge on any atom is 0.321 e. The molecule has 0 aliphatic carbocycles. The first kappa shape index (κ1) is 14.5. The number of methoxy groups -OCH3 is 1. The molecule has 0 aliphatic rings. The smallest absolute Gasteiger partial charge is 0.321 e. The number of nitrogens with one attached hydrogen (secondary N) is 1. The van der Waals surface area contributed by atoms with Crippen LogP contribution in [0.1, 0.15) is 30.9 Å². The molecular formula is C14H21NO3. The molecule has 4 heteroatoms. The Morgan fingerprint density at radius 1 is 1.44 bits per heavy atom. The van der Waals surface area contributed by atoms with E-state index in [0.717, 1.165) is 11.3 Å². The van der Waals surface area contributed by atoms with Crippen molar-refractivity contribution in [2.24, 2.45) is 0 Å². The standard InChI is InChI=1S/C14H21NO3/c1-9(2)10-5-6-13(18-4)11(7-10)8-12(15-3)14(16)17/h5-7,9,12,15H,8H2,1-4H3,(H,16,17). The number of carbonyl (C=O) groups is 1. The summed E-state index contributed by atoms with van der Waals surface area (Å²) >= 11 is 0. The van der Waals surface area contributed by atoms with Crippen molar-refractivity contribution in [1.29, 1.82) is 0 Å². The zero-order chi connectivity index (χ0) is 13.7. The molecule has 0 bridgehead atoms. The Morgan fingerprint density at radius 3 is 2.56 bits per heavy atom. The molecule has 0 radical (unpaired) electrons. The van der Waals surface area contributed by atoms with Gasteiger partial charge in [-0.3, -0.25) is 4.79 Å².